The van der Waals surface area contributed by atoms with Gasteiger partial charge in [-0.2, -0.15) is 0 Å². The summed E-state index contributed by atoms with van der Waals surface area (Å²) in [6.07, 6.45) is 4.50. The Bertz CT molecular complexity index is 435. The van der Waals surface area contributed by atoms with Crippen molar-refractivity contribution in [1.82, 2.24) is 4.90 Å². The lowest BCUT2D eigenvalue weighted by atomic mass is 10.0. The Morgan fingerprint density at radius 2 is 2.05 bits per heavy atom. The molecule has 1 unspecified atom stereocenters. The van der Waals surface area contributed by atoms with Crippen molar-refractivity contribution in [1.29, 1.82) is 0 Å². The molecule has 1 aliphatic heterocycles. The molecule has 0 spiro atoms. The second kappa shape index (κ2) is 7.82. The van der Waals surface area contributed by atoms with Gasteiger partial charge in [0.15, 0.2) is 15.8 Å². The molecule has 1 aliphatic carbocycles. The van der Waals surface area contributed by atoms with Gasteiger partial charge in [-0.1, -0.05) is 6.92 Å². The lowest BCUT2D eigenvalue weighted by Gasteiger charge is -2.31. The van der Waals surface area contributed by atoms with E-state index in [2.05, 4.69) is 16.8 Å². The van der Waals surface area contributed by atoms with Crippen LogP contribution in [-0.4, -0.2) is 50.4 Å². The van der Waals surface area contributed by atoms with Gasteiger partial charge in [-0.25, -0.2) is 8.42 Å². The first-order valence-corrected chi connectivity index (χ1v) is 9.04. The zero-order chi connectivity index (χ0) is 13.9. The maximum atomic E-state index is 11.8. The fourth-order valence-electron chi connectivity index (χ4n) is 2.52. The number of aliphatic imine (C=N–C) groups is 1. The standard InChI is InChI=1S/C13H25N3O2S.HI/c1-11-3-2-7-16(9-11)13(14)15-6-8-19(17,18)10-12-4-5-12;/h11-12H,2-10H2,1H3,(H2,14,15);1H. The molecule has 1 atom stereocenters. The zero-order valence-electron chi connectivity index (χ0n) is 12.1. The molecule has 1 saturated heterocycles. The Kier molecular flexibility index (Phi) is 7.03. The summed E-state index contributed by atoms with van der Waals surface area (Å²) in [5, 5.41) is 0. The predicted molar refractivity (Wildman–Crippen MR) is 93.3 cm³/mol. The Morgan fingerprint density at radius 1 is 1.35 bits per heavy atom. The third-order valence-electron chi connectivity index (χ3n) is 3.84. The van der Waals surface area contributed by atoms with E-state index in [9.17, 15) is 8.42 Å². The third-order valence-corrected chi connectivity index (χ3v) is 5.63. The van der Waals surface area contributed by atoms with Gasteiger partial charge in [0.25, 0.3) is 0 Å². The highest BCUT2D eigenvalue weighted by molar-refractivity contribution is 14.0. The van der Waals surface area contributed by atoms with Crippen LogP contribution in [-0.2, 0) is 9.84 Å². The van der Waals surface area contributed by atoms with Crippen LogP contribution in [0.5, 0.6) is 0 Å². The van der Waals surface area contributed by atoms with Crippen molar-refractivity contribution in [3.63, 3.8) is 0 Å². The minimum absolute atomic E-state index is 0. The highest BCUT2D eigenvalue weighted by Gasteiger charge is 2.27. The third kappa shape index (κ3) is 6.15. The number of piperidine rings is 1. The highest BCUT2D eigenvalue weighted by atomic mass is 127. The molecule has 7 heteroatoms. The van der Waals surface area contributed by atoms with Gasteiger partial charge in [0, 0.05) is 13.1 Å². The quantitative estimate of drug-likeness (QED) is 0.419. The van der Waals surface area contributed by atoms with E-state index in [4.69, 9.17) is 5.73 Å². The molecule has 1 saturated carbocycles. The van der Waals surface area contributed by atoms with Gasteiger partial charge in [0.1, 0.15) is 0 Å². The minimum atomic E-state index is -2.94. The van der Waals surface area contributed by atoms with Gasteiger partial charge in [-0.15, -0.1) is 24.0 Å². The first kappa shape index (κ1) is 18.0. The highest BCUT2D eigenvalue weighted by Crippen LogP contribution is 2.30. The molecule has 0 aromatic rings. The van der Waals surface area contributed by atoms with Gasteiger partial charge in [0.2, 0.25) is 0 Å². The molecule has 2 N–H and O–H groups in total. The van der Waals surface area contributed by atoms with Crippen LogP contribution in [0.15, 0.2) is 4.99 Å². The average Bonchev–Trinajstić information content (AvgIpc) is 3.11. The van der Waals surface area contributed by atoms with Crippen molar-refractivity contribution in [2.45, 2.75) is 32.6 Å². The molecule has 0 amide bonds. The van der Waals surface area contributed by atoms with Crippen molar-refractivity contribution >= 4 is 39.8 Å². The number of hydrogen-bond acceptors (Lipinski definition) is 3. The number of likely N-dealkylation sites (tertiary alicyclic amines) is 1. The predicted octanol–water partition coefficient (Wildman–Crippen LogP) is 1.48. The van der Waals surface area contributed by atoms with Crippen LogP contribution >= 0.6 is 24.0 Å². The molecule has 0 aromatic carbocycles. The van der Waals surface area contributed by atoms with Crippen LogP contribution in [0.1, 0.15) is 32.6 Å². The SMILES string of the molecule is CC1CCCN(C(N)=NCCS(=O)(=O)CC2CC2)C1.I. The van der Waals surface area contributed by atoms with Crippen LogP contribution in [0.2, 0.25) is 0 Å². The Hall–Kier alpha value is -0.0500. The zero-order valence-corrected chi connectivity index (χ0v) is 15.3. The van der Waals surface area contributed by atoms with E-state index in [1.807, 2.05) is 0 Å². The molecule has 0 radical (unpaired) electrons. The molecule has 20 heavy (non-hydrogen) atoms. The molecule has 2 aliphatic rings. The van der Waals surface area contributed by atoms with Gasteiger partial charge in [-0.05, 0) is 37.5 Å². The number of sulfone groups is 1. The van der Waals surface area contributed by atoms with Crippen molar-refractivity contribution in [3.8, 4) is 0 Å². The molecule has 118 valence electrons. The van der Waals surface area contributed by atoms with Gasteiger partial charge in [-0.3, -0.25) is 4.99 Å². The second-order valence-corrected chi connectivity index (χ2v) is 8.22. The maximum Gasteiger partial charge on any atom is 0.191 e. The van der Waals surface area contributed by atoms with Crippen LogP contribution in [0, 0.1) is 11.8 Å². The van der Waals surface area contributed by atoms with Crippen molar-refractivity contribution < 1.29 is 8.42 Å². The van der Waals surface area contributed by atoms with E-state index in [-0.39, 0.29) is 29.7 Å². The van der Waals surface area contributed by atoms with Crippen molar-refractivity contribution in [2.75, 3.05) is 31.1 Å². The fraction of sp³-hybridized carbons (Fsp3) is 0.923. The van der Waals surface area contributed by atoms with E-state index in [0.717, 1.165) is 32.4 Å². The van der Waals surface area contributed by atoms with Gasteiger partial charge in [0.05, 0.1) is 18.1 Å². The van der Waals surface area contributed by atoms with Crippen molar-refractivity contribution in [3.05, 3.63) is 0 Å². The van der Waals surface area contributed by atoms with E-state index in [1.165, 1.54) is 6.42 Å². The maximum absolute atomic E-state index is 11.8. The number of nitrogens with two attached hydrogens (primary N) is 1. The van der Waals surface area contributed by atoms with E-state index >= 15 is 0 Å². The van der Waals surface area contributed by atoms with Crippen molar-refractivity contribution in [2.24, 2.45) is 22.6 Å². The Morgan fingerprint density at radius 3 is 2.65 bits per heavy atom. The lowest BCUT2D eigenvalue weighted by molar-refractivity contribution is 0.270. The second-order valence-electron chi connectivity index (χ2n) is 5.99. The monoisotopic (exact) mass is 415 g/mol. The molecular weight excluding hydrogens is 389 g/mol. The van der Waals surface area contributed by atoms with E-state index < -0.39 is 9.84 Å². The van der Waals surface area contributed by atoms with E-state index in [0.29, 0.717) is 30.1 Å². The van der Waals surface area contributed by atoms with Gasteiger partial charge < -0.3 is 10.6 Å². The number of halogens is 1. The van der Waals surface area contributed by atoms with Crippen LogP contribution in [0.25, 0.3) is 0 Å². The van der Waals surface area contributed by atoms with Crippen LogP contribution in [0.4, 0.5) is 0 Å². The molecular formula is C13H26IN3O2S. The Labute approximate surface area is 139 Å². The number of hydrogen-bond donors (Lipinski definition) is 1. The molecule has 2 rings (SSSR count). The van der Waals surface area contributed by atoms with Crippen LogP contribution < -0.4 is 5.73 Å². The summed E-state index contributed by atoms with van der Waals surface area (Å²) in [4.78, 5) is 6.31. The number of nitrogens with zero attached hydrogens (tertiary/aromatic N) is 2. The topological polar surface area (TPSA) is 75.8 Å². The Balaban J connectivity index is 0.00000200. The normalized spacial score (nSPS) is 24.4. The lowest BCUT2D eigenvalue weighted by Crippen LogP contribution is -2.43. The summed E-state index contributed by atoms with van der Waals surface area (Å²) in [5.74, 6) is 2.03. The largest absolute Gasteiger partial charge is 0.370 e. The smallest absolute Gasteiger partial charge is 0.191 e. The van der Waals surface area contributed by atoms with Gasteiger partial charge >= 0.3 is 0 Å². The molecule has 0 aromatic heterocycles. The summed E-state index contributed by atoms with van der Waals surface area (Å²) in [6.45, 7) is 4.38. The molecule has 0 bridgehead atoms. The number of guanidine groups is 1. The average molecular weight is 415 g/mol. The summed E-state index contributed by atoms with van der Waals surface area (Å²) in [7, 11) is -2.94. The molecule has 1 heterocycles. The summed E-state index contributed by atoms with van der Waals surface area (Å²) >= 11 is 0. The fourth-order valence-corrected chi connectivity index (χ4v) is 4.11. The minimum Gasteiger partial charge on any atom is -0.370 e. The molecule has 5 nitrogen and oxygen atoms in total. The summed E-state index contributed by atoms with van der Waals surface area (Å²) in [6, 6.07) is 0. The first-order valence-electron chi connectivity index (χ1n) is 7.21. The van der Waals surface area contributed by atoms with Crippen LogP contribution in [0.3, 0.4) is 0 Å². The summed E-state index contributed by atoms with van der Waals surface area (Å²) in [5.41, 5.74) is 5.93. The van der Waals surface area contributed by atoms with E-state index in [1.54, 1.807) is 0 Å². The molecule has 2 fully saturated rings. The number of rotatable bonds is 5. The summed E-state index contributed by atoms with van der Waals surface area (Å²) < 4.78 is 23.5. The first-order chi connectivity index (χ1) is 8.96.